The van der Waals surface area contributed by atoms with Gasteiger partial charge >= 0.3 is 0 Å². The second kappa shape index (κ2) is 6.62. The summed E-state index contributed by atoms with van der Waals surface area (Å²) >= 11 is 0.371. The van der Waals surface area contributed by atoms with E-state index in [2.05, 4.69) is 5.32 Å². The van der Waals surface area contributed by atoms with Gasteiger partial charge in [-0.1, -0.05) is 17.8 Å². The Hall–Kier alpha value is -2.02. The van der Waals surface area contributed by atoms with Gasteiger partial charge in [0.15, 0.2) is 11.6 Å². The van der Waals surface area contributed by atoms with Crippen molar-refractivity contribution in [3.8, 4) is 0 Å². The summed E-state index contributed by atoms with van der Waals surface area (Å²) in [6, 6.07) is 8.87. The van der Waals surface area contributed by atoms with Gasteiger partial charge in [0.25, 0.3) is 11.7 Å². The lowest BCUT2D eigenvalue weighted by Gasteiger charge is -2.07. The van der Waals surface area contributed by atoms with Crippen LogP contribution in [0.4, 0.5) is 23.2 Å². The molecule has 0 atom stereocenters. The summed E-state index contributed by atoms with van der Waals surface area (Å²) in [6.45, 7) is 0. The first-order valence-electron chi connectivity index (χ1n) is 5.77. The highest BCUT2D eigenvalue weighted by molar-refractivity contribution is 7.99. The highest BCUT2D eigenvalue weighted by Crippen LogP contribution is 2.26. The molecule has 0 spiro atoms. The lowest BCUT2D eigenvalue weighted by Crippen LogP contribution is -2.14. The van der Waals surface area contributed by atoms with Gasteiger partial charge in [-0.2, -0.15) is 8.78 Å². The van der Waals surface area contributed by atoms with Gasteiger partial charge in [-0.15, -0.1) is 0 Å². The van der Waals surface area contributed by atoms with Crippen LogP contribution in [0.2, 0.25) is 0 Å². The molecule has 0 saturated heterocycles. The van der Waals surface area contributed by atoms with E-state index in [-0.39, 0.29) is 0 Å². The monoisotopic (exact) mass is 315 g/mol. The molecule has 0 aliphatic rings. The molecule has 2 rings (SSSR count). The molecule has 1 N–H and O–H groups in total. The average molecular weight is 315 g/mol. The van der Waals surface area contributed by atoms with Crippen LogP contribution in [-0.2, 0) is 0 Å². The first-order valence-corrected chi connectivity index (χ1v) is 6.65. The SMILES string of the molecule is O=C(Nc1ccc(SC(F)F)cc1)c1cccc(F)c1F. The number of carbonyl (C=O) groups is 1. The van der Waals surface area contributed by atoms with Crippen LogP contribution in [-0.4, -0.2) is 11.7 Å². The largest absolute Gasteiger partial charge is 0.322 e. The first-order chi connectivity index (χ1) is 9.97. The first kappa shape index (κ1) is 15.4. The second-order valence-corrected chi connectivity index (χ2v) is 5.02. The molecule has 0 heterocycles. The molecule has 110 valence electrons. The van der Waals surface area contributed by atoms with Crippen LogP contribution in [0.15, 0.2) is 47.4 Å². The fourth-order valence-corrected chi connectivity index (χ4v) is 2.10. The van der Waals surface area contributed by atoms with E-state index >= 15 is 0 Å². The molecule has 7 heteroatoms. The van der Waals surface area contributed by atoms with E-state index in [1.54, 1.807) is 0 Å². The van der Waals surface area contributed by atoms with Crippen LogP contribution < -0.4 is 5.32 Å². The number of halogens is 4. The van der Waals surface area contributed by atoms with Gasteiger partial charge in [-0.25, -0.2) is 8.78 Å². The Labute approximate surface area is 122 Å². The maximum absolute atomic E-state index is 13.4. The fourth-order valence-electron chi connectivity index (χ4n) is 1.60. The molecule has 0 aliphatic carbocycles. The van der Waals surface area contributed by atoms with Crippen LogP contribution in [0.25, 0.3) is 0 Å². The molecule has 0 bridgehead atoms. The van der Waals surface area contributed by atoms with Crippen molar-refractivity contribution in [3.63, 3.8) is 0 Å². The number of anilines is 1. The lowest BCUT2D eigenvalue weighted by atomic mass is 10.2. The Morgan fingerprint density at radius 3 is 2.33 bits per heavy atom. The number of amides is 1. The van der Waals surface area contributed by atoms with Gasteiger partial charge in [-0.3, -0.25) is 4.79 Å². The van der Waals surface area contributed by atoms with E-state index in [4.69, 9.17) is 0 Å². The molecular weight excluding hydrogens is 306 g/mol. The van der Waals surface area contributed by atoms with Crippen molar-refractivity contribution in [3.05, 3.63) is 59.7 Å². The molecule has 0 saturated carbocycles. The Balaban J connectivity index is 2.11. The molecule has 0 aliphatic heterocycles. The number of carbonyl (C=O) groups excluding carboxylic acids is 1. The number of alkyl halides is 2. The van der Waals surface area contributed by atoms with Crippen LogP contribution >= 0.6 is 11.8 Å². The maximum atomic E-state index is 13.4. The van der Waals surface area contributed by atoms with Crippen molar-refractivity contribution in [1.82, 2.24) is 0 Å². The lowest BCUT2D eigenvalue weighted by molar-refractivity contribution is 0.102. The number of thioether (sulfide) groups is 1. The van der Waals surface area contributed by atoms with Crippen molar-refractivity contribution >= 4 is 23.4 Å². The Bertz CT molecular complexity index is 646. The normalized spacial score (nSPS) is 10.7. The van der Waals surface area contributed by atoms with E-state index in [1.807, 2.05) is 0 Å². The minimum atomic E-state index is -2.54. The van der Waals surface area contributed by atoms with E-state index in [9.17, 15) is 22.4 Å². The molecule has 0 aromatic heterocycles. The van der Waals surface area contributed by atoms with Crippen LogP contribution in [0, 0.1) is 11.6 Å². The zero-order valence-corrected chi connectivity index (χ0v) is 11.3. The zero-order chi connectivity index (χ0) is 15.4. The summed E-state index contributed by atoms with van der Waals surface area (Å²) in [5, 5.41) is 2.36. The molecule has 0 unspecified atom stereocenters. The fraction of sp³-hybridized carbons (Fsp3) is 0.0714. The van der Waals surface area contributed by atoms with Crippen molar-refractivity contribution < 1.29 is 22.4 Å². The molecule has 0 fully saturated rings. The average Bonchev–Trinajstić information content (AvgIpc) is 2.43. The topological polar surface area (TPSA) is 29.1 Å². The van der Waals surface area contributed by atoms with E-state index < -0.39 is 28.9 Å². The number of hydrogen-bond acceptors (Lipinski definition) is 2. The molecular formula is C14H9F4NOS. The molecule has 2 nitrogen and oxygen atoms in total. The van der Waals surface area contributed by atoms with Gasteiger partial charge in [0.05, 0.1) is 5.56 Å². The van der Waals surface area contributed by atoms with Gasteiger partial charge in [0.2, 0.25) is 0 Å². The summed E-state index contributed by atoms with van der Waals surface area (Å²) < 4.78 is 50.8. The third-order valence-corrected chi connectivity index (χ3v) is 3.26. The van der Waals surface area contributed by atoms with Gasteiger partial charge < -0.3 is 5.32 Å². The molecule has 21 heavy (non-hydrogen) atoms. The van der Waals surface area contributed by atoms with E-state index in [1.165, 1.54) is 30.3 Å². The van der Waals surface area contributed by atoms with Gasteiger partial charge in [0, 0.05) is 10.6 Å². The quantitative estimate of drug-likeness (QED) is 0.663. The maximum Gasteiger partial charge on any atom is 0.288 e. The van der Waals surface area contributed by atoms with Crippen LogP contribution in [0.3, 0.4) is 0 Å². The predicted octanol–water partition coefficient (Wildman–Crippen LogP) is 4.53. The van der Waals surface area contributed by atoms with E-state index in [0.29, 0.717) is 22.3 Å². The van der Waals surface area contributed by atoms with Crippen LogP contribution in [0.1, 0.15) is 10.4 Å². The van der Waals surface area contributed by atoms with Crippen LogP contribution in [0.5, 0.6) is 0 Å². The Morgan fingerprint density at radius 1 is 1.05 bits per heavy atom. The summed E-state index contributed by atoms with van der Waals surface area (Å²) in [6.07, 6.45) is 0. The van der Waals surface area contributed by atoms with Gasteiger partial charge in [0.1, 0.15) is 0 Å². The predicted molar refractivity (Wildman–Crippen MR) is 72.6 cm³/mol. The third-order valence-electron chi connectivity index (χ3n) is 2.53. The third kappa shape index (κ3) is 3.98. The van der Waals surface area contributed by atoms with E-state index in [0.717, 1.165) is 12.1 Å². The number of hydrogen-bond donors (Lipinski definition) is 1. The summed E-state index contributed by atoms with van der Waals surface area (Å²) in [5.74, 6) is -5.71. The highest BCUT2D eigenvalue weighted by atomic mass is 32.2. The number of rotatable bonds is 4. The smallest absolute Gasteiger partial charge is 0.288 e. The molecule has 2 aromatic rings. The highest BCUT2D eigenvalue weighted by Gasteiger charge is 2.15. The molecule has 0 radical (unpaired) electrons. The number of nitrogens with one attached hydrogen (secondary N) is 1. The van der Waals surface area contributed by atoms with Crippen molar-refractivity contribution in [2.75, 3.05) is 5.32 Å². The standard InChI is InChI=1S/C14H9F4NOS/c15-11-3-1-2-10(12(11)16)13(20)19-8-4-6-9(7-5-8)21-14(17)18/h1-7,14H,(H,19,20). The van der Waals surface area contributed by atoms with Crippen molar-refractivity contribution in [1.29, 1.82) is 0 Å². The minimum absolute atomic E-state index is 0.294. The van der Waals surface area contributed by atoms with Crippen molar-refractivity contribution in [2.45, 2.75) is 10.7 Å². The summed E-state index contributed by atoms with van der Waals surface area (Å²) in [4.78, 5) is 12.1. The zero-order valence-electron chi connectivity index (χ0n) is 10.4. The van der Waals surface area contributed by atoms with Crippen molar-refractivity contribution in [2.24, 2.45) is 0 Å². The van der Waals surface area contributed by atoms with Gasteiger partial charge in [-0.05, 0) is 36.4 Å². The summed E-state index contributed by atoms with van der Waals surface area (Å²) in [7, 11) is 0. The molecule has 2 aromatic carbocycles. The number of benzene rings is 2. The Kier molecular flexibility index (Phi) is 4.85. The second-order valence-electron chi connectivity index (χ2n) is 3.96. The Morgan fingerprint density at radius 2 is 1.71 bits per heavy atom. The molecule has 1 amide bonds. The minimum Gasteiger partial charge on any atom is -0.322 e. The summed E-state index contributed by atoms with van der Waals surface area (Å²) in [5.41, 5.74) is -0.136.